The summed E-state index contributed by atoms with van der Waals surface area (Å²) in [4.78, 5) is 18.3. The van der Waals surface area contributed by atoms with E-state index in [4.69, 9.17) is 19.4 Å². The van der Waals surface area contributed by atoms with Gasteiger partial charge in [0, 0.05) is 53.0 Å². The molecule has 0 spiro atoms. The van der Waals surface area contributed by atoms with Crippen LogP contribution >= 0.6 is 11.3 Å². The summed E-state index contributed by atoms with van der Waals surface area (Å²) in [5, 5.41) is 9.18. The molecule has 11 aromatic rings. The van der Waals surface area contributed by atoms with E-state index in [1.54, 1.807) is 11.3 Å². The fourth-order valence-corrected chi connectivity index (χ4v) is 9.42. The molecule has 0 unspecified atom stereocenters. The van der Waals surface area contributed by atoms with Gasteiger partial charge in [-0.1, -0.05) is 109 Å². The van der Waals surface area contributed by atoms with Crippen molar-refractivity contribution in [2.24, 2.45) is 0 Å². The highest BCUT2D eigenvalue weighted by molar-refractivity contribution is 7.25. The summed E-state index contributed by atoms with van der Waals surface area (Å²) in [5.74, 6) is 1.76. The quantitative estimate of drug-likeness (QED) is 0.184. The van der Waals surface area contributed by atoms with Crippen molar-refractivity contribution in [3.05, 3.63) is 158 Å². The van der Waals surface area contributed by atoms with Crippen LogP contribution in [0.25, 0.3) is 97.6 Å². The Balaban J connectivity index is 1.18. The van der Waals surface area contributed by atoms with Crippen molar-refractivity contribution in [2.75, 3.05) is 4.90 Å². The number of para-hydroxylation sites is 1. The monoisotopic (exact) mass is 694 g/mol. The van der Waals surface area contributed by atoms with E-state index in [0.29, 0.717) is 17.6 Å². The average molecular weight is 695 g/mol. The van der Waals surface area contributed by atoms with Gasteiger partial charge < -0.3 is 4.42 Å². The lowest BCUT2D eigenvalue weighted by Gasteiger charge is -2.32. The molecule has 0 atom stereocenters. The Morgan fingerprint density at radius 2 is 1.17 bits per heavy atom. The predicted molar refractivity (Wildman–Crippen MR) is 220 cm³/mol. The smallest absolute Gasteiger partial charge is 0.238 e. The first-order valence-electron chi connectivity index (χ1n) is 17.7. The molecule has 246 valence electrons. The summed E-state index contributed by atoms with van der Waals surface area (Å²) in [6.07, 6.45) is 0. The van der Waals surface area contributed by atoms with Gasteiger partial charge in [-0.25, -0.2) is 4.98 Å². The highest BCUT2D eigenvalue weighted by atomic mass is 32.1. The van der Waals surface area contributed by atoms with Crippen molar-refractivity contribution in [3.63, 3.8) is 0 Å². The van der Waals surface area contributed by atoms with E-state index in [1.807, 2.05) is 30.3 Å². The number of thiophene rings is 1. The second-order valence-corrected chi connectivity index (χ2v) is 14.6. The van der Waals surface area contributed by atoms with Gasteiger partial charge in [-0.2, -0.15) is 9.97 Å². The van der Waals surface area contributed by atoms with Gasteiger partial charge in [0.1, 0.15) is 11.2 Å². The number of aromatic nitrogens is 3. The fourth-order valence-electron chi connectivity index (χ4n) is 8.33. The van der Waals surface area contributed by atoms with E-state index >= 15 is 0 Å². The van der Waals surface area contributed by atoms with Gasteiger partial charge >= 0.3 is 0 Å². The Hall–Kier alpha value is -6.89. The van der Waals surface area contributed by atoms with Crippen LogP contribution in [-0.2, 0) is 0 Å². The standard InChI is InChI=1S/C47H26N4OS/c1-2-13-30-27(10-1)22-24-37-43(30)33-16-7-11-28-12-8-18-36(42(28)33)51(37)47-49-45(29-23-25-41-35(26-29)31-14-4-6-21-40(31)53-41)48-46(50-47)34-17-9-20-39-44(34)32-15-3-5-19-38(32)52-39/h1-26H. The number of hydrogen-bond donors (Lipinski definition) is 0. The molecule has 0 bridgehead atoms. The first kappa shape index (κ1) is 28.8. The van der Waals surface area contributed by atoms with Crippen LogP contribution in [0.2, 0.25) is 0 Å². The molecule has 12 rings (SSSR count). The maximum absolute atomic E-state index is 6.34. The molecule has 0 aliphatic carbocycles. The second-order valence-electron chi connectivity index (χ2n) is 13.6. The van der Waals surface area contributed by atoms with Gasteiger partial charge in [-0.05, 0) is 70.3 Å². The van der Waals surface area contributed by atoms with E-state index in [1.165, 1.54) is 52.8 Å². The Morgan fingerprint density at radius 3 is 2.11 bits per heavy atom. The fraction of sp³-hybridized carbons (Fsp3) is 0. The molecule has 1 aliphatic rings. The van der Waals surface area contributed by atoms with Crippen molar-refractivity contribution in [1.82, 2.24) is 15.0 Å². The van der Waals surface area contributed by atoms with Crippen molar-refractivity contribution < 1.29 is 4.42 Å². The first-order valence-corrected chi connectivity index (χ1v) is 18.5. The lowest BCUT2D eigenvalue weighted by atomic mass is 9.88. The van der Waals surface area contributed by atoms with Crippen LogP contribution in [0.5, 0.6) is 0 Å². The second kappa shape index (κ2) is 10.8. The van der Waals surface area contributed by atoms with E-state index in [2.05, 4.69) is 132 Å². The van der Waals surface area contributed by atoms with Gasteiger partial charge in [0.25, 0.3) is 0 Å². The maximum Gasteiger partial charge on any atom is 0.238 e. The normalized spacial score (nSPS) is 12.5. The number of nitrogens with zero attached hydrogens (tertiary/aromatic N) is 4. The number of fused-ring (bicyclic) bond motifs is 10. The highest BCUT2D eigenvalue weighted by Crippen LogP contribution is 2.52. The molecule has 0 fully saturated rings. The number of anilines is 3. The zero-order chi connectivity index (χ0) is 34.6. The summed E-state index contributed by atoms with van der Waals surface area (Å²) < 4.78 is 8.84. The SMILES string of the molecule is c1ccc2c3c(ccc2c1)N(c1nc(-c2ccc4sc5ccccc5c4c2)nc(-c2cccc4oc5ccccc5c24)n1)c1cccc2cccc-3c12. The molecule has 0 saturated heterocycles. The molecule has 5 nitrogen and oxygen atoms in total. The highest BCUT2D eigenvalue weighted by Gasteiger charge is 2.30. The van der Waals surface area contributed by atoms with Crippen molar-refractivity contribution in [3.8, 4) is 33.9 Å². The summed E-state index contributed by atoms with van der Waals surface area (Å²) >= 11 is 1.81. The topological polar surface area (TPSA) is 55.1 Å². The largest absolute Gasteiger partial charge is 0.456 e. The third-order valence-electron chi connectivity index (χ3n) is 10.6. The van der Waals surface area contributed by atoms with Crippen LogP contribution in [-0.4, -0.2) is 15.0 Å². The molecule has 3 aromatic heterocycles. The first-order chi connectivity index (χ1) is 26.3. The minimum absolute atomic E-state index is 0.559. The van der Waals surface area contributed by atoms with Gasteiger partial charge in [-0.3, -0.25) is 4.90 Å². The molecule has 8 aromatic carbocycles. The lowest BCUT2D eigenvalue weighted by Crippen LogP contribution is -2.19. The molecule has 4 heterocycles. The van der Waals surface area contributed by atoms with Gasteiger partial charge in [-0.15, -0.1) is 11.3 Å². The third-order valence-corrected chi connectivity index (χ3v) is 11.8. The van der Waals surface area contributed by atoms with E-state index in [0.717, 1.165) is 44.4 Å². The minimum atomic E-state index is 0.559. The molecule has 0 saturated carbocycles. The zero-order valence-electron chi connectivity index (χ0n) is 28.1. The van der Waals surface area contributed by atoms with Crippen molar-refractivity contribution in [2.45, 2.75) is 0 Å². The van der Waals surface area contributed by atoms with Crippen LogP contribution in [0.3, 0.4) is 0 Å². The molecular weight excluding hydrogens is 669 g/mol. The third kappa shape index (κ3) is 4.15. The Labute approximate surface area is 307 Å². The number of rotatable bonds is 3. The maximum atomic E-state index is 6.34. The molecule has 0 N–H and O–H groups in total. The average Bonchev–Trinajstić information content (AvgIpc) is 3.79. The molecule has 0 radical (unpaired) electrons. The van der Waals surface area contributed by atoms with Gasteiger partial charge in [0.05, 0.1) is 11.4 Å². The minimum Gasteiger partial charge on any atom is -0.456 e. The summed E-state index contributed by atoms with van der Waals surface area (Å²) in [5.41, 5.74) is 7.91. The van der Waals surface area contributed by atoms with E-state index in [9.17, 15) is 0 Å². The van der Waals surface area contributed by atoms with Crippen LogP contribution in [0.15, 0.2) is 162 Å². The van der Waals surface area contributed by atoms with Crippen LogP contribution < -0.4 is 4.90 Å². The number of benzene rings is 8. The molecule has 6 heteroatoms. The Kier molecular flexibility index (Phi) is 5.87. The Morgan fingerprint density at radius 1 is 0.453 bits per heavy atom. The van der Waals surface area contributed by atoms with Crippen LogP contribution in [0.1, 0.15) is 0 Å². The van der Waals surface area contributed by atoms with Gasteiger partial charge in [0.2, 0.25) is 5.95 Å². The molecular formula is C47H26N4OS. The molecule has 1 aliphatic heterocycles. The van der Waals surface area contributed by atoms with Crippen LogP contribution in [0.4, 0.5) is 17.3 Å². The summed E-state index contributed by atoms with van der Waals surface area (Å²) in [6, 6.07) is 55.5. The number of hydrogen-bond acceptors (Lipinski definition) is 6. The summed E-state index contributed by atoms with van der Waals surface area (Å²) in [6.45, 7) is 0. The zero-order valence-corrected chi connectivity index (χ0v) is 28.9. The van der Waals surface area contributed by atoms with E-state index < -0.39 is 0 Å². The summed E-state index contributed by atoms with van der Waals surface area (Å²) in [7, 11) is 0. The van der Waals surface area contributed by atoms with Crippen molar-refractivity contribution >= 4 is 92.3 Å². The lowest BCUT2D eigenvalue weighted by molar-refractivity contribution is 0.669. The van der Waals surface area contributed by atoms with Crippen LogP contribution in [0, 0.1) is 0 Å². The molecule has 0 amide bonds. The van der Waals surface area contributed by atoms with Crippen molar-refractivity contribution in [1.29, 1.82) is 0 Å². The molecule has 53 heavy (non-hydrogen) atoms. The van der Waals surface area contributed by atoms with Gasteiger partial charge in [0.15, 0.2) is 11.6 Å². The number of furan rings is 1. The predicted octanol–water partition coefficient (Wildman–Crippen LogP) is 13.2. The Bertz CT molecular complexity index is 3320. The van der Waals surface area contributed by atoms with E-state index in [-0.39, 0.29) is 0 Å².